The molecule has 1 saturated carbocycles. The van der Waals surface area contributed by atoms with Crippen molar-refractivity contribution in [1.82, 2.24) is 10.8 Å². The van der Waals surface area contributed by atoms with E-state index in [2.05, 4.69) is 38.5 Å². The molecule has 3 fully saturated rings. The Morgan fingerprint density at radius 2 is 1.08 bits per heavy atom. The quantitative estimate of drug-likeness (QED) is 0.631. The normalized spacial score (nSPS) is 32.2. The Kier molecular flexibility index (Phi) is 5.85. The lowest BCUT2D eigenvalue weighted by Crippen LogP contribution is -2.64. The standard InChI is InChI=1S/C21H40N2O2/c1-18(2)16-21(17-19(3,4)22-18)24-20(23-25-21)14-12-10-8-6-5-7-9-11-13-15-20/h22-23H,5-17H2,1-4H3. The van der Waals surface area contributed by atoms with Crippen molar-refractivity contribution in [2.75, 3.05) is 0 Å². The molecule has 146 valence electrons. The van der Waals surface area contributed by atoms with Gasteiger partial charge in [-0.1, -0.05) is 44.9 Å². The van der Waals surface area contributed by atoms with Crippen molar-refractivity contribution in [3.05, 3.63) is 0 Å². The third-order valence-electron chi connectivity index (χ3n) is 6.06. The molecule has 0 amide bonds. The lowest BCUT2D eigenvalue weighted by atomic mass is 9.78. The topological polar surface area (TPSA) is 42.5 Å². The van der Waals surface area contributed by atoms with Crippen molar-refractivity contribution in [2.24, 2.45) is 0 Å². The zero-order valence-corrected chi connectivity index (χ0v) is 17.0. The molecule has 2 N–H and O–H groups in total. The Hall–Kier alpha value is -0.160. The van der Waals surface area contributed by atoms with Crippen LogP contribution in [0, 0.1) is 0 Å². The van der Waals surface area contributed by atoms with Crippen LogP contribution < -0.4 is 10.8 Å². The van der Waals surface area contributed by atoms with Crippen molar-refractivity contribution in [1.29, 1.82) is 0 Å². The van der Waals surface area contributed by atoms with Gasteiger partial charge in [0.1, 0.15) is 5.72 Å². The smallest absolute Gasteiger partial charge is 0.193 e. The lowest BCUT2D eigenvalue weighted by Gasteiger charge is -2.50. The van der Waals surface area contributed by atoms with Gasteiger partial charge in [-0.15, -0.1) is 0 Å². The molecule has 0 atom stereocenters. The Labute approximate surface area is 154 Å². The maximum Gasteiger partial charge on any atom is 0.193 e. The first-order valence-corrected chi connectivity index (χ1v) is 10.7. The summed E-state index contributed by atoms with van der Waals surface area (Å²) in [6.45, 7) is 9.03. The van der Waals surface area contributed by atoms with Crippen LogP contribution in [0.3, 0.4) is 0 Å². The molecule has 0 aromatic rings. The summed E-state index contributed by atoms with van der Waals surface area (Å²) in [6.07, 6.45) is 16.0. The van der Waals surface area contributed by atoms with E-state index in [0.717, 1.165) is 25.7 Å². The molecule has 2 heterocycles. The second kappa shape index (κ2) is 7.46. The molecule has 25 heavy (non-hydrogen) atoms. The number of hydrogen-bond acceptors (Lipinski definition) is 4. The molecule has 3 aliphatic rings. The lowest BCUT2D eigenvalue weighted by molar-refractivity contribution is -0.234. The molecule has 0 bridgehead atoms. The second-order valence-electron chi connectivity index (χ2n) is 10.1. The summed E-state index contributed by atoms with van der Waals surface area (Å²) in [5.41, 5.74) is 3.16. The number of piperidine rings is 1. The molecular formula is C21H40N2O2. The Balaban J connectivity index is 1.70. The summed E-state index contributed by atoms with van der Waals surface area (Å²) < 4.78 is 6.82. The van der Waals surface area contributed by atoms with Crippen LogP contribution >= 0.6 is 0 Å². The van der Waals surface area contributed by atoms with Gasteiger partial charge in [-0.25, -0.2) is 0 Å². The fourth-order valence-electron chi connectivity index (χ4n) is 5.53. The van der Waals surface area contributed by atoms with Gasteiger partial charge in [0, 0.05) is 23.9 Å². The van der Waals surface area contributed by atoms with Gasteiger partial charge in [-0.2, -0.15) is 5.48 Å². The molecular weight excluding hydrogens is 312 g/mol. The predicted molar refractivity (Wildman–Crippen MR) is 102 cm³/mol. The molecule has 4 heteroatoms. The van der Waals surface area contributed by atoms with Crippen LogP contribution in [0.5, 0.6) is 0 Å². The van der Waals surface area contributed by atoms with Crippen LogP contribution in [-0.4, -0.2) is 22.6 Å². The number of rotatable bonds is 0. The summed E-state index contributed by atoms with van der Waals surface area (Å²) in [4.78, 5) is 6.26. The van der Waals surface area contributed by atoms with Crippen molar-refractivity contribution >= 4 is 0 Å². The summed E-state index contributed by atoms with van der Waals surface area (Å²) in [6, 6.07) is 0. The van der Waals surface area contributed by atoms with E-state index in [0.29, 0.717) is 0 Å². The van der Waals surface area contributed by atoms with Crippen molar-refractivity contribution < 1.29 is 9.57 Å². The van der Waals surface area contributed by atoms with E-state index in [1.807, 2.05) is 0 Å². The van der Waals surface area contributed by atoms with Crippen molar-refractivity contribution in [3.63, 3.8) is 0 Å². The number of ether oxygens (including phenoxy) is 1. The van der Waals surface area contributed by atoms with E-state index >= 15 is 0 Å². The molecule has 2 spiro atoms. The Morgan fingerprint density at radius 1 is 0.640 bits per heavy atom. The van der Waals surface area contributed by atoms with E-state index in [-0.39, 0.29) is 16.8 Å². The van der Waals surface area contributed by atoms with E-state index in [1.165, 1.54) is 57.8 Å². The van der Waals surface area contributed by atoms with Crippen LogP contribution in [0.15, 0.2) is 0 Å². The average Bonchev–Trinajstić information content (AvgIpc) is 2.77. The average molecular weight is 353 g/mol. The minimum Gasteiger partial charge on any atom is -0.325 e. The molecule has 0 aromatic carbocycles. The number of hydrogen-bond donors (Lipinski definition) is 2. The molecule has 0 radical (unpaired) electrons. The summed E-state index contributed by atoms with van der Waals surface area (Å²) in [7, 11) is 0. The summed E-state index contributed by atoms with van der Waals surface area (Å²) in [5, 5.41) is 3.74. The fraction of sp³-hybridized carbons (Fsp3) is 1.00. The van der Waals surface area contributed by atoms with Crippen LogP contribution in [-0.2, 0) is 9.57 Å². The maximum absolute atomic E-state index is 6.82. The maximum atomic E-state index is 6.82. The van der Waals surface area contributed by atoms with Gasteiger partial charge in [0.15, 0.2) is 5.79 Å². The third-order valence-corrected chi connectivity index (χ3v) is 6.06. The molecule has 0 aromatic heterocycles. The van der Waals surface area contributed by atoms with Crippen LogP contribution in [0.1, 0.15) is 111 Å². The monoisotopic (exact) mass is 352 g/mol. The molecule has 0 unspecified atom stereocenters. The first-order valence-electron chi connectivity index (χ1n) is 10.7. The zero-order valence-electron chi connectivity index (χ0n) is 17.0. The SMILES string of the molecule is CC1(C)CC2(CC(C)(C)N1)ONC1(CCCCCCCCCCC1)O2. The zero-order chi connectivity index (χ0) is 18.0. The summed E-state index contributed by atoms with van der Waals surface area (Å²) >= 11 is 0. The van der Waals surface area contributed by atoms with Gasteiger partial charge in [-0.05, 0) is 53.4 Å². The molecule has 2 aliphatic heterocycles. The largest absolute Gasteiger partial charge is 0.325 e. The highest BCUT2D eigenvalue weighted by Gasteiger charge is 2.57. The van der Waals surface area contributed by atoms with Gasteiger partial charge in [0.05, 0.1) is 0 Å². The van der Waals surface area contributed by atoms with Crippen molar-refractivity contribution in [2.45, 2.75) is 134 Å². The fourth-order valence-corrected chi connectivity index (χ4v) is 5.53. The Morgan fingerprint density at radius 3 is 1.56 bits per heavy atom. The second-order valence-corrected chi connectivity index (χ2v) is 10.1. The number of hydroxylamine groups is 1. The highest BCUT2D eigenvalue weighted by molar-refractivity contribution is 5.04. The highest BCUT2D eigenvalue weighted by atomic mass is 16.9. The van der Waals surface area contributed by atoms with Gasteiger partial charge >= 0.3 is 0 Å². The minimum absolute atomic E-state index is 0.0142. The first kappa shape index (κ1) is 19.6. The Bertz CT molecular complexity index is 419. The molecule has 2 saturated heterocycles. The number of nitrogens with one attached hydrogen (secondary N) is 2. The van der Waals surface area contributed by atoms with Crippen LogP contribution in [0.4, 0.5) is 0 Å². The summed E-state index contributed by atoms with van der Waals surface area (Å²) in [5.74, 6) is -0.491. The van der Waals surface area contributed by atoms with Gasteiger partial charge in [0.2, 0.25) is 0 Å². The van der Waals surface area contributed by atoms with Gasteiger partial charge in [0.25, 0.3) is 0 Å². The molecule has 1 aliphatic carbocycles. The highest BCUT2D eigenvalue weighted by Crippen LogP contribution is 2.46. The van der Waals surface area contributed by atoms with E-state index in [9.17, 15) is 0 Å². The van der Waals surface area contributed by atoms with E-state index < -0.39 is 5.79 Å². The van der Waals surface area contributed by atoms with Gasteiger partial charge < -0.3 is 10.1 Å². The van der Waals surface area contributed by atoms with E-state index in [4.69, 9.17) is 9.57 Å². The third kappa shape index (κ3) is 5.18. The minimum atomic E-state index is -0.491. The predicted octanol–water partition coefficient (Wildman–Crippen LogP) is 5.18. The van der Waals surface area contributed by atoms with Crippen LogP contribution in [0.25, 0.3) is 0 Å². The molecule has 4 nitrogen and oxygen atoms in total. The van der Waals surface area contributed by atoms with Gasteiger partial charge in [-0.3, -0.25) is 4.84 Å². The van der Waals surface area contributed by atoms with E-state index in [1.54, 1.807) is 0 Å². The van der Waals surface area contributed by atoms with Crippen molar-refractivity contribution in [3.8, 4) is 0 Å². The first-order chi connectivity index (χ1) is 11.7. The van der Waals surface area contributed by atoms with Crippen LogP contribution in [0.2, 0.25) is 0 Å². The molecule has 3 rings (SSSR count).